The molecule has 7 heteroatoms. The number of nitrogens with one attached hydrogen (secondary N) is 1. The van der Waals surface area contributed by atoms with Crippen molar-refractivity contribution in [3.8, 4) is 0 Å². The van der Waals surface area contributed by atoms with Crippen molar-refractivity contribution in [1.29, 1.82) is 0 Å². The number of rotatable bonds is 5. The Morgan fingerprint density at radius 1 is 1.07 bits per heavy atom. The van der Waals surface area contributed by atoms with E-state index in [0.29, 0.717) is 19.4 Å². The first-order chi connectivity index (χ1) is 14.1. The first-order valence-corrected chi connectivity index (χ1v) is 9.77. The van der Waals surface area contributed by atoms with Crippen LogP contribution in [0.2, 0.25) is 0 Å². The van der Waals surface area contributed by atoms with Crippen LogP contribution in [-0.4, -0.2) is 26.7 Å². The molecular weight excluding hydrogens is 374 g/mol. The molecule has 0 fully saturated rings. The Labute approximate surface area is 167 Å². The molecule has 1 N–H and O–H groups in total. The van der Waals surface area contributed by atoms with Crippen LogP contribution in [0.1, 0.15) is 35.6 Å². The molecule has 1 aromatic heterocycles. The van der Waals surface area contributed by atoms with E-state index in [1.54, 1.807) is 0 Å². The summed E-state index contributed by atoms with van der Waals surface area (Å²) in [7, 11) is 0. The molecule has 1 aliphatic heterocycles. The second-order valence-electron chi connectivity index (χ2n) is 7.33. The molecule has 0 saturated heterocycles. The molecule has 0 spiro atoms. The summed E-state index contributed by atoms with van der Waals surface area (Å²) in [5.41, 5.74) is 1.24. The Morgan fingerprint density at radius 3 is 2.72 bits per heavy atom. The van der Waals surface area contributed by atoms with Crippen LogP contribution < -0.4 is 5.32 Å². The average molecular weight is 396 g/mol. The van der Waals surface area contributed by atoms with Gasteiger partial charge < -0.3 is 9.88 Å². The lowest BCUT2D eigenvalue weighted by atomic mass is 10.1. The Balaban J connectivity index is 1.37. The molecule has 5 nitrogen and oxygen atoms in total. The maximum absolute atomic E-state index is 13.8. The summed E-state index contributed by atoms with van der Waals surface area (Å²) >= 11 is 0. The Bertz CT molecular complexity index is 1000. The highest BCUT2D eigenvalue weighted by Gasteiger charge is 2.22. The molecule has 1 amide bonds. The molecule has 29 heavy (non-hydrogen) atoms. The van der Waals surface area contributed by atoms with Crippen LogP contribution in [0.3, 0.4) is 0 Å². The van der Waals surface area contributed by atoms with Gasteiger partial charge in [0.2, 0.25) is 5.91 Å². The van der Waals surface area contributed by atoms with Crippen LogP contribution in [0.25, 0.3) is 0 Å². The fourth-order valence-electron chi connectivity index (χ4n) is 3.74. The topological polar surface area (TPSA) is 59.8 Å². The standard InChI is InChI=1S/C22H22F2N4O/c23-18-8-4-7-16(22(18)24)14-21(29)25-17-9-10-19-26-27-20(28(19)12-11-17)13-15-5-2-1-3-6-15/h1-8,17H,9-14H2,(H,25,29). The van der Waals surface area contributed by atoms with Crippen LogP contribution in [-0.2, 0) is 30.6 Å². The van der Waals surface area contributed by atoms with Crippen LogP contribution in [0.15, 0.2) is 48.5 Å². The van der Waals surface area contributed by atoms with Gasteiger partial charge in [-0.05, 0) is 24.5 Å². The summed E-state index contributed by atoms with van der Waals surface area (Å²) in [4.78, 5) is 12.3. The van der Waals surface area contributed by atoms with Gasteiger partial charge in [0.15, 0.2) is 11.6 Å². The van der Waals surface area contributed by atoms with Crippen LogP contribution in [0.5, 0.6) is 0 Å². The van der Waals surface area contributed by atoms with Crippen molar-refractivity contribution in [2.75, 3.05) is 0 Å². The highest BCUT2D eigenvalue weighted by atomic mass is 19.2. The van der Waals surface area contributed by atoms with E-state index in [1.165, 1.54) is 17.7 Å². The number of nitrogens with zero attached hydrogens (tertiary/aromatic N) is 3. The summed E-state index contributed by atoms with van der Waals surface area (Å²) < 4.78 is 29.3. The summed E-state index contributed by atoms with van der Waals surface area (Å²) in [5.74, 6) is -0.362. The third kappa shape index (κ3) is 4.50. The van der Waals surface area contributed by atoms with Gasteiger partial charge in [0.05, 0.1) is 6.42 Å². The van der Waals surface area contributed by atoms with Gasteiger partial charge >= 0.3 is 0 Å². The van der Waals surface area contributed by atoms with Gasteiger partial charge in [0.1, 0.15) is 11.6 Å². The highest BCUT2D eigenvalue weighted by Crippen LogP contribution is 2.18. The number of halogens is 2. The predicted octanol–water partition coefficient (Wildman–Crippen LogP) is 3.21. The molecule has 0 saturated carbocycles. The zero-order valence-corrected chi connectivity index (χ0v) is 15.9. The first kappa shape index (κ1) is 19.2. The van der Waals surface area contributed by atoms with Gasteiger partial charge in [0.25, 0.3) is 0 Å². The van der Waals surface area contributed by atoms with Crippen molar-refractivity contribution in [1.82, 2.24) is 20.1 Å². The maximum atomic E-state index is 13.8. The SMILES string of the molecule is O=C(Cc1cccc(F)c1F)NC1CCc2nnc(Cc3ccccc3)n2CC1. The molecule has 1 unspecified atom stereocenters. The summed E-state index contributed by atoms with van der Waals surface area (Å²) in [5, 5.41) is 11.6. The summed E-state index contributed by atoms with van der Waals surface area (Å²) in [6, 6.07) is 14.0. The van der Waals surface area contributed by atoms with E-state index >= 15 is 0 Å². The van der Waals surface area contributed by atoms with Crippen molar-refractivity contribution < 1.29 is 13.6 Å². The van der Waals surface area contributed by atoms with Crippen LogP contribution in [0, 0.1) is 11.6 Å². The molecule has 0 radical (unpaired) electrons. The lowest BCUT2D eigenvalue weighted by Gasteiger charge is -2.16. The Morgan fingerprint density at radius 2 is 1.90 bits per heavy atom. The normalized spacial score (nSPS) is 16.1. The minimum Gasteiger partial charge on any atom is -0.353 e. The minimum atomic E-state index is -0.958. The Kier molecular flexibility index (Phi) is 5.64. The van der Waals surface area contributed by atoms with Crippen molar-refractivity contribution >= 4 is 5.91 Å². The minimum absolute atomic E-state index is 0.0367. The number of hydrogen-bond donors (Lipinski definition) is 1. The van der Waals surface area contributed by atoms with Crippen molar-refractivity contribution in [3.63, 3.8) is 0 Å². The van der Waals surface area contributed by atoms with Crippen LogP contribution in [0.4, 0.5) is 8.78 Å². The van der Waals surface area contributed by atoms with Gasteiger partial charge in [-0.25, -0.2) is 8.78 Å². The number of aromatic nitrogens is 3. The number of amides is 1. The molecule has 4 rings (SSSR count). The van der Waals surface area contributed by atoms with E-state index in [9.17, 15) is 13.6 Å². The smallest absolute Gasteiger partial charge is 0.224 e. The predicted molar refractivity (Wildman–Crippen MR) is 104 cm³/mol. The van der Waals surface area contributed by atoms with Crippen molar-refractivity contribution in [2.24, 2.45) is 0 Å². The molecule has 2 heterocycles. The van der Waals surface area contributed by atoms with E-state index < -0.39 is 11.6 Å². The lowest BCUT2D eigenvalue weighted by molar-refractivity contribution is -0.121. The number of carbonyl (C=O) groups excluding carboxylic acids is 1. The summed E-state index contributed by atoms with van der Waals surface area (Å²) in [6.45, 7) is 0.712. The molecular formula is C22H22F2N4O. The fourth-order valence-corrected chi connectivity index (χ4v) is 3.74. The second kappa shape index (κ2) is 8.51. The van der Waals surface area contributed by atoms with Gasteiger partial charge in [-0.1, -0.05) is 42.5 Å². The van der Waals surface area contributed by atoms with E-state index in [-0.39, 0.29) is 23.9 Å². The largest absolute Gasteiger partial charge is 0.353 e. The van der Waals surface area contributed by atoms with E-state index in [4.69, 9.17) is 0 Å². The molecule has 150 valence electrons. The molecule has 1 aliphatic rings. The zero-order chi connectivity index (χ0) is 20.2. The number of carbonyl (C=O) groups is 1. The molecule has 0 bridgehead atoms. The van der Waals surface area contributed by atoms with Gasteiger partial charge in [-0.2, -0.15) is 0 Å². The molecule has 1 atom stereocenters. The monoisotopic (exact) mass is 396 g/mol. The van der Waals surface area contributed by atoms with E-state index in [2.05, 4.69) is 32.2 Å². The third-order valence-electron chi connectivity index (χ3n) is 5.27. The zero-order valence-electron chi connectivity index (χ0n) is 15.9. The average Bonchev–Trinajstić information content (AvgIpc) is 2.98. The second-order valence-corrected chi connectivity index (χ2v) is 7.33. The quantitative estimate of drug-likeness (QED) is 0.721. The van der Waals surface area contributed by atoms with Gasteiger partial charge in [0, 0.05) is 31.0 Å². The first-order valence-electron chi connectivity index (χ1n) is 9.77. The molecule has 0 aliphatic carbocycles. The fraction of sp³-hybridized carbons (Fsp3) is 0.318. The number of fused-ring (bicyclic) bond motifs is 1. The lowest BCUT2D eigenvalue weighted by Crippen LogP contribution is -2.36. The molecule has 3 aromatic rings. The third-order valence-corrected chi connectivity index (χ3v) is 5.27. The summed E-state index contributed by atoms with van der Waals surface area (Å²) in [6.07, 6.45) is 2.72. The number of benzene rings is 2. The number of hydrogen-bond acceptors (Lipinski definition) is 3. The Hall–Kier alpha value is -3.09. The maximum Gasteiger partial charge on any atom is 0.224 e. The van der Waals surface area contributed by atoms with E-state index in [1.807, 2.05) is 18.2 Å². The van der Waals surface area contributed by atoms with Crippen LogP contribution >= 0.6 is 0 Å². The van der Waals surface area contributed by atoms with Gasteiger partial charge in [-0.3, -0.25) is 4.79 Å². The number of aryl methyl sites for hydroxylation is 1. The van der Waals surface area contributed by atoms with E-state index in [0.717, 1.165) is 30.6 Å². The van der Waals surface area contributed by atoms with Crippen molar-refractivity contribution in [2.45, 2.75) is 44.7 Å². The highest BCUT2D eigenvalue weighted by molar-refractivity contribution is 5.78. The molecule has 2 aromatic carbocycles. The van der Waals surface area contributed by atoms with Crippen molar-refractivity contribution in [3.05, 3.63) is 82.9 Å². The van der Waals surface area contributed by atoms with Gasteiger partial charge in [-0.15, -0.1) is 10.2 Å².